The Balaban J connectivity index is 1.57. The van der Waals surface area contributed by atoms with Crippen LogP contribution in [0.5, 0.6) is 0 Å². The van der Waals surface area contributed by atoms with Crippen LogP contribution in [0.2, 0.25) is 0 Å². The summed E-state index contributed by atoms with van der Waals surface area (Å²) in [6.45, 7) is 1.07. The van der Waals surface area contributed by atoms with E-state index >= 15 is 0 Å². The molecule has 1 fully saturated rings. The lowest BCUT2D eigenvalue weighted by molar-refractivity contribution is 0.203. The average molecular weight is 265 g/mol. The van der Waals surface area contributed by atoms with Crippen molar-refractivity contribution in [3.8, 4) is 0 Å². The Labute approximate surface area is 119 Å². The van der Waals surface area contributed by atoms with Crippen LogP contribution in [0.1, 0.15) is 30.5 Å². The molecule has 0 radical (unpaired) electrons. The van der Waals surface area contributed by atoms with Crippen LogP contribution >= 0.6 is 0 Å². The summed E-state index contributed by atoms with van der Waals surface area (Å²) in [6, 6.07) is 14.2. The maximum absolute atomic E-state index is 4.08. The summed E-state index contributed by atoms with van der Waals surface area (Å²) in [5.41, 5.74) is 4.06. The highest BCUT2D eigenvalue weighted by Gasteiger charge is 2.36. The van der Waals surface area contributed by atoms with Crippen LogP contribution in [0.15, 0.2) is 48.7 Å². The van der Waals surface area contributed by atoms with Crippen LogP contribution in [0, 0.1) is 0 Å². The molecule has 2 bridgehead atoms. The lowest BCUT2D eigenvalue weighted by Gasteiger charge is -2.33. The van der Waals surface area contributed by atoms with Gasteiger partial charge in [-0.05, 0) is 36.5 Å². The topological polar surface area (TPSA) is 31.9 Å². The number of benzene rings is 1. The zero-order valence-electron chi connectivity index (χ0n) is 11.5. The minimum Gasteiger partial charge on any atom is -0.289 e. The fraction of sp³-hybridized carbons (Fsp3) is 0.353. The molecule has 0 aliphatic carbocycles. The van der Waals surface area contributed by atoms with Gasteiger partial charge in [0.1, 0.15) is 0 Å². The summed E-state index contributed by atoms with van der Waals surface area (Å²) >= 11 is 0. The van der Waals surface area contributed by atoms with E-state index in [1.54, 1.807) is 0 Å². The molecule has 2 atom stereocenters. The van der Waals surface area contributed by atoms with Gasteiger partial charge in [0.2, 0.25) is 0 Å². The van der Waals surface area contributed by atoms with Crippen molar-refractivity contribution in [3.05, 3.63) is 59.9 Å². The van der Waals surface area contributed by atoms with Crippen LogP contribution in [-0.2, 0) is 6.54 Å². The second kappa shape index (κ2) is 4.91. The Hall–Kier alpha value is -1.87. The summed E-state index contributed by atoms with van der Waals surface area (Å²) < 4.78 is 0. The second-order valence-electron chi connectivity index (χ2n) is 5.82. The van der Waals surface area contributed by atoms with Gasteiger partial charge >= 0.3 is 0 Å². The molecular weight excluding hydrogens is 246 g/mol. The van der Waals surface area contributed by atoms with E-state index in [0.29, 0.717) is 12.1 Å². The highest BCUT2D eigenvalue weighted by Crippen LogP contribution is 2.38. The Morgan fingerprint density at radius 1 is 1.15 bits per heavy atom. The van der Waals surface area contributed by atoms with Gasteiger partial charge in [-0.3, -0.25) is 10.00 Å². The van der Waals surface area contributed by atoms with Crippen molar-refractivity contribution in [2.24, 2.45) is 0 Å². The number of nitrogens with zero attached hydrogens (tertiary/aromatic N) is 2. The number of hydrogen-bond donors (Lipinski definition) is 1. The highest BCUT2D eigenvalue weighted by molar-refractivity contribution is 5.65. The summed E-state index contributed by atoms with van der Waals surface area (Å²) in [4.78, 5) is 2.66. The largest absolute Gasteiger partial charge is 0.289 e. The van der Waals surface area contributed by atoms with E-state index < -0.39 is 0 Å². The van der Waals surface area contributed by atoms with Crippen molar-refractivity contribution in [1.82, 2.24) is 15.1 Å². The third-order valence-electron chi connectivity index (χ3n) is 4.59. The number of fused-ring (bicyclic) bond motifs is 2. The van der Waals surface area contributed by atoms with Crippen molar-refractivity contribution in [2.75, 3.05) is 0 Å². The van der Waals surface area contributed by atoms with Gasteiger partial charge in [-0.25, -0.2) is 0 Å². The minimum atomic E-state index is 0.590. The minimum absolute atomic E-state index is 0.590. The SMILES string of the molecule is C1=C(c2ccn[nH]2)CC2CCC1N2Cc1ccccc1. The van der Waals surface area contributed by atoms with Gasteiger partial charge in [0, 0.05) is 24.8 Å². The predicted molar refractivity (Wildman–Crippen MR) is 80.0 cm³/mol. The maximum atomic E-state index is 4.08. The summed E-state index contributed by atoms with van der Waals surface area (Å²) in [7, 11) is 0. The van der Waals surface area contributed by atoms with Crippen LogP contribution in [0.25, 0.3) is 5.57 Å². The standard InChI is InChI=1S/C17H19N3/c1-2-4-13(5-3-1)12-20-15-6-7-16(20)11-14(10-15)17-8-9-18-19-17/h1-5,8-10,15-16H,6-7,11-12H2,(H,18,19). The molecule has 3 heterocycles. The quantitative estimate of drug-likeness (QED) is 0.924. The molecule has 2 aromatic rings. The van der Waals surface area contributed by atoms with Gasteiger partial charge in [-0.1, -0.05) is 36.4 Å². The first kappa shape index (κ1) is 11.9. The first-order valence-corrected chi connectivity index (χ1v) is 7.40. The van der Waals surface area contributed by atoms with E-state index in [9.17, 15) is 0 Å². The predicted octanol–water partition coefficient (Wildman–Crippen LogP) is 3.23. The molecule has 102 valence electrons. The number of rotatable bonds is 3. The molecule has 0 amide bonds. The van der Waals surface area contributed by atoms with E-state index in [2.05, 4.69) is 57.6 Å². The molecular formula is C17H19N3. The van der Waals surface area contributed by atoms with Crippen molar-refractivity contribution in [1.29, 1.82) is 0 Å². The molecule has 2 unspecified atom stereocenters. The van der Waals surface area contributed by atoms with Crippen LogP contribution in [-0.4, -0.2) is 27.2 Å². The Morgan fingerprint density at radius 3 is 2.80 bits per heavy atom. The third kappa shape index (κ3) is 2.08. The average Bonchev–Trinajstić information content (AvgIpc) is 3.08. The molecule has 3 heteroatoms. The molecule has 1 saturated heterocycles. The second-order valence-corrected chi connectivity index (χ2v) is 5.82. The number of hydrogen-bond acceptors (Lipinski definition) is 2. The van der Waals surface area contributed by atoms with E-state index in [1.165, 1.54) is 29.7 Å². The van der Waals surface area contributed by atoms with E-state index in [-0.39, 0.29) is 0 Å². The number of aromatic nitrogens is 2. The van der Waals surface area contributed by atoms with Gasteiger partial charge in [-0.2, -0.15) is 5.10 Å². The van der Waals surface area contributed by atoms with Gasteiger partial charge in [0.15, 0.2) is 0 Å². The Bertz CT molecular complexity index is 600. The first-order chi connectivity index (χ1) is 9.90. The fourth-order valence-electron chi connectivity index (χ4n) is 3.59. The van der Waals surface area contributed by atoms with Crippen LogP contribution in [0.4, 0.5) is 0 Å². The summed E-state index contributed by atoms with van der Waals surface area (Å²) in [5, 5.41) is 7.18. The van der Waals surface area contributed by atoms with E-state index in [1.807, 2.05) is 6.20 Å². The monoisotopic (exact) mass is 265 g/mol. The maximum Gasteiger partial charge on any atom is 0.0607 e. The zero-order valence-corrected chi connectivity index (χ0v) is 11.5. The normalized spacial score (nSPS) is 25.7. The number of aromatic amines is 1. The highest BCUT2D eigenvalue weighted by atomic mass is 15.2. The van der Waals surface area contributed by atoms with Crippen molar-refractivity contribution >= 4 is 5.57 Å². The number of nitrogens with one attached hydrogen (secondary N) is 1. The molecule has 0 saturated carbocycles. The molecule has 2 aliphatic heterocycles. The van der Waals surface area contributed by atoms with E-state index in [4.69, 9.17) is 0 Å². The molecule has 0 spiro atoms. The summed E-state index contributed by atoms with van der Waals surface area (Å²) in [6.07, 6.45) is 8.03. The molecule has 1 aromatic carbocycles. The van der Waals surface area contributed by atoms with Crippen LogP contribution in [0.3, 0.4) is 0 Å². The van der Waals surface area contributed by atoms with E-state index in [0.717, 1.165) is 13.0 Å². The van der Waals surface area contributed by atoms with Crippen LogP contribution < -0.4 is 0 Å². The molecule has 4 rings (SSSR count). The summed E-state index contributed by atoms with van der Waals surface area (Å²) in [5.74, 6) is 0. The van der Waals surface area contributed by atoms with Crippen molar-refractivity contribution < 1.29 is 0 Å². The molecule has 20 heavy (non-hydrogen) atoms. The van der Waals surface area contributed by atoms with Gasteiger partial charge < -0.3 is 0 Å². The Morgan fingerprint density at radius 2 is 2.05 bits per heavy atom. The van der Waals surface area contributed by atoms with Gasteiger partial charge in [0.05, 0.1) is 5.69 Å². The van der Waals surface area contributed by atoms with Gasteiger partial charge in [-0.15, -0.1) is 0 Å². The fourth-order valence-corrected chi connectivity index (χ4v) is 3.59. The Kier molecular flexibility index (Phi) is 2.92. The molecule has 1 N–H and O–H groups in total. The molecule has 3 nitrogen and oxygen atoms in total. The molecule has 1 aromatic heterocycles. The smallest absolute Gasteiger partial charge is 0.0607 e. The van der Waals surface area contributed by atoms with Crippen molar-refractivity contribution in [3.63, 3.8) is 0 Å². The zero-order chi connectivity index (χ0) is 13.4. The molecule has 2 aliphatic rings. The first-order valence-electron chi connectivity index (χ1n) is 7.40. The van der Waals surface area contributed by atoms with Crippen molar-refractivity contribution in [2.45, 2.75) is 37.9 Å². The number of H-pyrrole nitrogens is 1. The van der Waals surface area contributed by atoms with Gasteiger partial charge in [0.25, 0.3) is 0 Å². The lowest BCUT2D eigenvalue weighted by atomic mass is 9.98. The lowest BCUT2D eigenvalue weighted by Crippen LogP contribution is -2.37. The third-order valence-corrected chi connectivity index (χ3v) is 4.59.